The van der Waals surface area contributed by atoms with E-state index < -0.39 is 0 Å². The zero-order valence-corrected chi connectivity index (χ0v) is 22.8. The molecule has 6 rings (SSSR count). The molecular formula is C31H28N4O4S. The van der Waals surface area contributed by atoms with Crippen molar-refractivity contribution in [3.8, 4) is 11.5 Å². The maximum Gasteiger partial charge on any atom is 0.331 e. The van der Waals surface area contributed by atoms with Crippen molar-refractivity contribution in [2.75, 3.05) is 10.2 Å². The van der Waals surface area contributed by atoms with E-state index in [2.05, 4.69) is 22.2 Å². The van der Waals surface area contributed by atoms with Gasteiger partial charge in [0.25, 0.3) is 0 Å². The van der Waals surface area contributed by atoms with E-state index in [0.29, 0.717) is 38.9 Å². The van der Waals surface area contributed by atoms with E-state index in [0.717, 1.165) is 36.0 Å². The minimum Gasteiger partial charge on any atom is -0.457 e. The molecular weight excluding hydrogens is 524 g/mol. The molecule has 2 atom stereocenters. The van der Waals surface area contributed by atoms with Crippen molar-refractivity contribution in [3.05, 3.63) is 83.9 Å². The molecule has 2 aromatic carbocycles. The largest absolute Gasteiger partial charge is 0.457 e. The van der Waals surface area contributed by atoms with Gasteiger partial charge < -0.3 is 15.4 Å². The molecule has 0 bridgehead atoms. The number of hydrogen-bond donors (Lipinski definition) is 2. The van der Waals surface area contributed by atoms with E-state index in [1.807, 2.05) is 61.5 Å². The van der Waals surface area contributed by atoms with Crippen LogP contribution in [0.4, 0.5) is 21.9 Å². The highest BCUT2D eigenvalue weighted by molar-refractivity contribution is 7.21. The normalized spacial score (nSPS) is 17.9. The molecule has 2 aliphatic rings. The van der Waals surface area contributed by atoms with Crippen LogP contribution >= 0.6 is 11.3 Å². The molecule has 0 unspecified atom stereocenters. The molecule has 1 saturated carbocycles. The van der Waals surface area contributed by atoms with Crippen molar-refractivity contribution in [1.29, 1.82) is 0 Å². The summed E-state index contributed by atoms with van der Waals surface area (Å²) in [5, 5.41) is 6.69. The predicted octanol–water partition coefficient (Wildman–Crippen LogP) is 7.12. The second-order valence-electron chi connectivity index (χ2n) is 10.2. The maximum absolute atomic E-state index is 13.5. The molecule has 3 amide bonds. The quantitative estimate of drug-likeness (QED) is 0.179. The first-order chi connectivity index (χ1) is 19.4. The number of aromatic nitrogens is 1. The standard InChI is InChI=1S/C31H28N4O4S/c1-3-26(37)33-20-10-9-19(16-20)17-25(36)29-28-27-24(13-14-32-30(27)40-29)35(31(38)34-28)23-12-11-22(15-18(23)2)39-21-7-5-4-6-8-21/h3-8,11-15,19-20H,1,9-10,16-17H2,2H3,(H,33,37)(H,34,38)/t19-,20+/m0/s1. The first-order valence-electron chi connectivity index (χ1n) is 13.2. The zero-order valence-electron chi connectivity index (χ0n) is 22.0. The summed E-state index contributed by atoms with van der Waals surface area (Å²) in [5.41, 5.74) is 2.80. The summed E-state index contributed by atoms with van der Waals surface area (Å²) >= 11 is 1.31. The monoisotopic (exact) mass is 552 g/mol. The van der Waals surface area contributed by atoms with Crippen molar-refractivity contribution in [3.63, 3.8) is 0 Å². The Morgan fingerprint density at radius 1 is 1.15 bits per heavy atom. The van der Waals surface area contributed by atoms with Gasteiger partial charge in [-0.25, -0.2) is 9.78 Å². The Balaban J connectivity index is 1.27. The molecule has 8 nitrogen and oxygen atoms in total. The van der Waals surface area contributed by atoms with Crippen LogP contribution in [0, 0.1) is 12.8 Å². The average Bonchev–Trinajstić information content (AvgIpc) is 3.55. The number of thiophene rings is 1. The topological polar surface area (TPSA) is 101 Å². The third kappa shape index (κ3) is 4.84. The first-order valence-corrected chi connectivity index (χ1v) is 14.0. The van der Waals surface area contributed by atoms with Gasteiger partial charge in [-0.3, -0.25) is 14.5 Å². The van der Waals surface area contributed by atoms with Gasteiger partial charge in [-0.2, -0.15) is 0 Å². The van der Waals surface area contributed by atoms with Crippen molar-refractivity contribution >= 4 is 56.3 Å². The molecule has 0 saturated heterocycles. The molecule has 9 heteroatoms. The molecule has 1 aliphatic carbocycles. The van der Waals surface area contributed by atoms with E-state index in [-0.39, 0.29) is 29.7 Å². The maximum atomic E-state index is 13.5. The number of carbonyl (C=O) groups excluding carboxylic acids is 3. The lowest BCUT2D eigenvalue weighted by molar-refractivity contribution is -0.117. The second-order valence-corrected chi connectivity index (χ2v) is 11.2. The van der Waals surface area contributed by atoms with Gasteiger partial charge >= 0.3 is 6.03 Å². The van der Waals surface area contributed by atoms with Gasteiger partial charge in [0, 0.05) is 18.7 Å². The van der Waals surface area contributed by atoms with Gasteiger partial charge in [0.05, 0.1) is 27.3 Å². The number of anilines is 3. The summed E-state index contributed by atoms with van der Waals surface area (Å²) in [6.45, 7) is 5.44. The minimum atomic E-state index is -0.333. The highest BCUT2D eigenvalue weighted by atomic mass is 32.1. The van der Waals surface area contributed by atoms with Crippen LogP contribution in [0.2, 0.25) is 0 Å². The fraction of sp³-hybridized carbons (Fsp3) is 0.226. The Hall–Kier alpha value is -4.50. The number of benzene rings is 2. The summed E-state index contributed by atoms with van der Waals surface area (Å²) in [6, 6.07) is 16.7. The lowest BCUT2D eigenvalue weighted by Gasteiger charge is -2.29. The fourth-order valence-corrected chi connectivity index (χ4v) is 6.66. The number of Topliss-reactive ketones (excluding diaryl/α,β-unsaturated/α-hetero) is 1. The third-order valence-corrected chi connectivity index (χ3v) is 8.57. The number of hydrogen-bond acceptors (Lipinski definition) is 6. The fourth-order valence-electron chi connectivity index (χ4n) is 5.59. The van der Waals surface area contributed by atoms with Crippen LogP contribution in [0.1, 0.15) is 40.9 Å². The summed E-state index contributed by atoms with van der Waals surface area (Å²) < 4.78 is 5.97. The van der Waals surface area contributed by atoms with Crippen LogP contribution in [0.25, 0.3) is 10.2 Å². The number of urea groups is 1. The van der Waals surface area contributed by atoms with Crippen molar-refractivity contribution < 1.29 is 19.1 Å². The van der Waals surface area contributed by atoms with Crippen LogP contribution in [-0.4, -0.2) is 28.7 Å². The minimum absolute atomic E-state index is 0.0167. The molecule has 1 aliphatic heterocycles. The Bertz CT molecular complexity index is 1650. The molecule has 40 heavy (non-hydrogen) atoms. The van der Waals surface area contributed by atoms with Crippen molar-refractivity contribution in [1.82, 2.24) is 10.3 Å². The first kappa shape index (κ1) is 25.8. The summed E-state index contributed by atoms with van der Waals surface area (Å²) in [5.74, 6) is 1.37. The number of carbonyl (C=O) groups is 3. The number of amides is 3. The van der Waals surface area contributed by atoms with Crippen LogP contribution in [0.5, 0.6) is 11.5 Å². The molecule has 4 aromatic rings. The number of rotatable bonds is 8. The zero-order chi connectivity index (χ0) is 27.8. The van der Waals surface area contributed by atoms with Crippen LogP contribution in [-0.2, 0) is 4.79 Å². The molecule has 1 fully saturated rings. The number of nitrogens with zero attached hydrogens (tertiary/aromatic N) is 2. The molecule has 0 spiro atoms. The van der Waals surface area contributed by atoms with Gasteiger partial charge in [-0.1, -0.05) is 24.8 Å². The van der Waals surface area contributed by atoms with Crippen LogP contribution < -0.4 is 20.3 Å². The Labute approximate surface area is 235 Å². The number of ether oxygens (including phenoxy) is 1. The van der Waals surface area contributed by atoms with E-state index >= 15 is 0 Å². The number of pyridine rings is 1. The molecule has 3 heterocycles. The van der Waals surface area contributed by atoms with Crippen molar-refractivity contribution in [2.24, 2.45) is 5.92 Å². The number of nitrogens with one attached hydrogen (secondary N) is 2. The molecule has 0 radical (unpaired) electrons. The highest BCUT2D eigenvalue weighted by Gasteiger charge is 2.35. The summed E-state index contributed by atoms with van der Waals surface area (Å²) in [6.07, 6.45) is 5.74. The van der Waals surface area contributed by atoms with Gasteiger partial charge in [-0.15, -0.1) is 11.3 Å². The number of para-hydroxylation sites is 1. The van der Waals surface area contributed by atoms with E-state index in [1.54, 1.807) is 11.1 Å². The van der Waals surface area contributed by atoms with Crippen LogP contribution in [0.3, 0.4) is 0 Å². The van der Waals surface area contributed by atoms with E-state index in [1.165, 1.54) is 17.4 Å². The Kier molecular flexibility index (Phi) is 6.81. The van der Waals surface area contributed by atoms with Gasteiger partial charge in [-0.05, 0) is 80.1 Å². The average molecular weight is 553 g/mol. The lowest BCUT2D eigenvalue weighted by atomic mass is 9.99. The molecule has 202 valence electrons. The third-order valence-electron chi connectivity index (χ3n) is 7.43. The van der Waals surface area contributed by atoms with Gasteiger partial charge in [0.2, 0.25) is 5.91 Å². The van der Waals surface area contributed by atoms with Crippen molar-refractivity contribution in [2.45, 2.75) is 38.6 Å². The molecule has 2 aromatic heterocycles. The second kappa shape index (κ2) is 10.6. The highest BCUT2D eigenvalue weighted by Crippen LogP contribution is 2.47. The van der Waals surface area contributed by atoms with Gasteiger partial charge in [0.15, 0.2) is 5.78 Å². The van der Waals surface area contributed by atoms with E-state index in [4.69, 9.17) is 4.74 Å². The summed E-state index contributed by atoms with van der Waals surface area (Å²) in [7, 11) is 0. The van der Waals surface area contributed by atoms with E-state index in [9.17, 15) is 14.4 Å². The predicted molar refractivity (Wildman–Crippen MR) is 157 cm³/mol. The number of ketones is 1. The lowest BCUT2D eigenvalue weighted by Crippen LogP contribution is -2.34. The van der Waals surface area contributed by atoms with Crippen LogP contribution in [0.15, 0.2) is 73.4 Å². The SMILES string of the molecule is C=CC(=O)N[C@@H]1CC[C@H](CC(=O)c2sc3nccc4c3c2NC(=O)N4c2ccc(Oc3ccccc3)cc2C)C1. The Morgan fingerprint density at radius 2 is 1.98 bits per heavy atom. The smallest absolute Gasteiger partial charge is 0.331 e. The summed E-state index contributed by atoms with van der Waals surface area (Å²) in [4.78, 5) is 46.0. The Morgan fingerprint density at radius 3 is 2.75 bits per heavy atom. The number of aryl methyl sites for hydroxylation is 1. The van der Waals surface area contributed by atoms with Gasteiger partial charge in [0.1, 0.15) is 16.3 Å². The molecule has 2 N–H and O–H groups in total.